The minimum Gasteiger partial charge on any atom is -0.496 e. The molecule has 0 spiro atoms. The SMILES string of the molecule is COc1ccccc1C1(C)CC(F)(F)CCN1.Cl. The summed E-state index contributed by atoms with van der Waals surface area (Å²) in [4.78, 5) is 0. The van der Waals surface area contributed by atoms with Crippen LogP contribution in [0.3, 0.4) is 0 Å². The molecule has 0 bridgehead atoms. The van der Waals surface area contributed by atoms with E-state index in [0.717, 1.165) is 5.56 Å². The van der Waals surface area contributed by atoms with Gasteiger partial charge in [0.15, 0.2) is 0 Å². The van der Waals surface area contributed by atoms with Crippen LogP contribution in [-0.2, 0) is 5.54 Å². The molecule has 1 aliphatic rings. The van der Waals surface area contributed by atoms with Gasteiger partial charge in [0.25, 0.3) is 5.92 Å². The molecule has 0 radical (unpaired) electrons. The van der Waals surface area contributed by atoms with E-state index in [0.29, 0.717) is 12.3 Å². The standard InChI is InChI=1S/C13H17F2NO.ClH/c1-12(9-13(14,15)7-8-16-12)10-5-3-4-6-11(10)17-2;/h3-6,16H,7-9H2,1-2H3;1H. The first-order valence-electron chi connectivity index (χ1n) is 5.73. The average molecular weight is 278 g/mol. The maximum atomic E-state index is 13.5. The summed E-state index contributed by atoms with van der Waals surface area (Å²) in [6.07, 6.45) is -0.294. The topological polar surface area (TPSA) is 21.3 Å². The first kappa shape index (κ1) is 15.2. The van der Waals surface area contributed by atoms with Crippen molar-refractivity contribution in [1.29, 1.82) is 0 Å². The fourth-order valence-electron chi connectivity index (χ4n) is 2.48. The van der Waals surface area contributed by atoms with Crippen LogP contribution in [0, 0.1) is 0 Å². The second-order valence-corrected chi connectivity index (χ2v) is 4.74. The molecule has 1 atom stereocenters. The number of methoxy groups -OCH3 is 1. The number of benzene rings is 1. The smallest absolute Gasteiger partial charge is 0.251 e. The minimum absolute atomic E-state index is 0. The maximum Gasteiger partial charge on any atom is 0.251 e. The van der Waals surface area contributed by atoms with Gasteiger partial charge in [-0.05, 0) is 13.0 Å². The predicted molar refractivity (Wildman–Crippen MR) is 69.8 cm³/mol. The fraction of sp³-hybridized carbons (Fsp3) is 0.538. The lowest BCUT2D eigenvalue weighted by atomic mass is 9.82. The molecular formula is C13H18ClF2NO. The largest absolute Gasteiger partial charge is 0.496 e. The van der Waals surface area contributed by atoms with Gasteiger partial charge in [-0.1, -0.05) is 18.2 Å². The maximum absolute atomic E-state index is 13.5. The lowest BCUT2D eigenvalue weighted by Crippen LogP contribution is -2.50. The van der Waals surface area contributed by atoms with E-state index in [1.54, 1.807) is 20.1 Å². The van der Waals surface area contributed by atoms with Crippen molar-refractivity contribution in [2.24, 2.45) is 0 Å². The molecule has 0 aliphatic carbocycles. The molecule has 1 fully saturated rings. The zero-order chi connectivity index (χ0) is 12.5. The van der Waals surface area contributed by atoms with E-state index in [-0.39, 0.29) is 25.2 Å². The van der Waals surface area contributed by atoms with Gasteiger partial charge in [-0.3, -0.25) is 0 Å². The van der Waals surface area contributed by atoms with Gasteiger partial charge >= 0.3 is 0 Å². The van der Waals surface area contributed by atoms with Gasteiger partial charge in [0, 0.05) is 30.5 Å². The first-order valence-corrected chi connectivity index (χ1v) is 5.73. The number of rotatable bonds is 2. The first-order chi connectivity index (χ1) is 7.97. The zero-order valence-electron chi connectivity index (χ0n) is 10.5. The van der Waals surface area contributed by atoms with Gasteiger partial charge in [0.05, 0.1) is 7.11 Å². The summed E-state index contributed by atoms with van der Waals surface area (Å²) >= 11 is 0. The molecule has 0 amide bonds. The van der Waals surface area contributed by atoms with E-state index in [1.165, 1.54) is 0 Å². The average Bonchev–Trinajstić information content (AvgIpc) is 2.27. The third-order valence-corrected chi connectivity index (χ3v) is 3.32. The molecule has 1 saturated heterocycles. The summed E-state index contributed by atoms with van der Waals surface area (Å²) < 4.78 is 32.3. The number of piperidine rings is 1. The van der Waals surface area contributed by atoms with Gasteiger partial charge in [-0.15, -0.1) is 12.4 Å². The summed E-state index contributed by atoms with van der Waals surface area (Å²) in [6, 6.07) is 7.33. The van der Waals surface area contributed by atoms with Crippen LogP contribution in [0.5, 0.6) is 5.75 Å². The molecule has 1 aliphatic heterocycles. The lowest BCUT2D eigenvalue weighted by molar-refractivity contribution is -0.0614. The Labute approximate surface area is 112 Å². The third-order valence-electron chi connectivity index (χ3n) is 3.32. The number of hydrogen-bond donors (Lipinski definition) is 1. The van der Waals surface area contributed by atoms with Gasteiger partial charge in [-0.25, -0.2) is 8.78 Å². The molecule has 0 aromatic heterocycles. The van der Waals surface area contributed by atoms with Crippen LogP contribution in [0.1, 0.15) is 25.3 Å². The number of alkyl halides is 2. The number of nitrogens with one attached hydrogen (secondary N) is 1. The normalized spacial score (nSPS) is 26.2. The third kappa shape index (κ3) is 2.93. The second kappa shape index (κ2) is 5.41. The molecule has 1 heterocycles. The van der Waals surface area contributed by atoms with Crippen LogP contribution in [0.25, 0.3) is 0 Å². The van der Waals surface area contributed by atoms with Crippen molar-refractivity contribution in [3.05, 3.63) is 29.8 Å². The molecule has 0 saturated carbocycles. The van der Waals surface area contributed by atoms with Gasteiger partial charge in [0.2, 0.25) is 0 Å². The van der Waals surface area contributed by atoms with Crippen molar-refractivity contribution >= 4 is 12.4 Å². The molecule has 1 aromatic carbocycles. The van der Waals surface area contributed by atoms with E-state index in [1.807, 2.05) is 18.2 Å². The Bertz CT molecular complexity index is 414. The Morgan fingerprint density at radius 1 is 1.28 bits per heavy atom. The predicted octanol–water partition coefficient (Wildman–Crippen LogP) is 3.35. The molecule has 1 unspecified atom stereocenters. The minimum atomic E-state index is -2.61. The molecule has 1 N–H and O–H groups in total. The summed E-state index contributed by atoms with van der Waals surface area (Å²) in [5.74, 6) is -1.96. The van der Waals surface area contributed by atoms with Gasteiger partial charge in [-0.2, -0.15) is 0 Å². The molecule has 18 heavy (non-hydrogen) atoms. The number of hydrogen-bond acceptors (Lipinski definition) is 2. The van der Waals surface area contributed by atoms with E-state index >= 15 is 0 Å². The number of para-hydroxylation sites is 1. The molecular weight excluding hydrogens is 260 g/mol. The van der Waals surface area contributed by atoms with E-state index in [9.17, 15) is 8.78 Å². The van der Waals surface area contributed by atoms with E-state index < -0.39 is 11.5 Å². The van der Waals surface area contributed by atoms with Crippen LogP contribution >= 0.6 is 12.4 Å². The number of halogens is 3. The Hall–Kier alpha value is -0.870. The monoisotopic (exact) mass is 277 g/mol. The highest BCUT2D eigenvalue weighted by Crippen LogP contribution is 2.41. The van der Waals surface area contributed by atoms with Crippen molar-refractivity contribution in [1.82, 2.24) is 5.32 Å². The highest BCUT2D eigenvalue weighted by Gasteiger charge is 2.44. The summed E-state index contributed by atoms with van der Waals surface area (Å²) in [5, 5.41) is 3.18. The quantitative estimate of drug-likeness (QED) is 0.895. The van der Waals surface area contributed by atoms with Crippen molar-refractivity contribution in [3.63, 3.8) is 0 Å². The van der Waals surface area contributed by atoms with Crippen LogP contribution in [0.15, 0.2) is 24.3 Å². The van der Waals surface area contributed by atoms with Crippen molar-refractivity contribution in [2.75, 3.05) is 13.7 Å². The van der Waals surface area contributed by atoms with Crippen LogP contribution in [0.4, 0.5) is 8.78 Å². The summed E-state index contributed by atoms with van der Waals surface area (Å²) in [7, 11) is 1.56. The van der Waals surface area contributed by atoms with Crippen molar-refractivity contribution < 1.29 is 13.5 Å². The molecule has 102 valence electrons. The van der Waals surface area contributed by atoms with Gasteiger partial charge < -0.3 is 10.1 Å². The summed E-state index contributed by atoms with van der Waals surface area (Å²) in [6.45, 7) is 2.12. The Kier molecular flexibility index (Phi) is 4.56. The fourth-order valence-corrected chi connectivity index (χ4v) is 2.48. The highest BCUT2D eigenvalue weighted by atomic mass is 35.5. The summed E-state index contributed by atoms with van der Waals surface area (Å²) in [5.41, 5.74) is 0.0656. The Morgan fingerprint density at radius 3 is 2.56 bits per heavy atom. The van der Waals surface area contributed by atoms with Crippen LogP contribution in [-0.4, -0.2) is 19.6 Å². The lowest BCUT2D eigenvalue weighted by Gasteiger charge is -2.40. The second-order valence-electron chi connectivity index (χ2n) is 4.74. The van der Waals surface area contributed by atoms with Crippen LogP contribution < -0.4 is 10.1 Å². The molecule has 2 rings (SSSR count). The Balaban J connectivity index is 0.00000162. The van der Waals surface area contributed by atoms with Gasteiger partial charge in [0.1, 0.15) is 5.75 Å². The van der Waals surface area contributed by atoms with E-state index in [4.69, 9.17) is 4.74 Å². The van der Waals surface area contributed by atoms with E-state index in [2.05, 4.69) is 5.32 Å². The zero-order valence-corrected chi connectivity index (χ0v) is 11.3. The van der Waals surface area contributed by atoms with Crippen molar-refractivity contribution in [3.8, 4) is 5.75 Å². The number of ether oxygens (including phenoxy) is 1. The van der Waals surface area contributed by atoms with Crippen molar-refractivity contribution in [2.45, 2.75) is 31.2 Å². The highest BCUT2D eigenvalue weighted by molar-refractivity contribution is 5.85. The van der Waals surface area contributed by atoms with Crippen LogP contribution in [0.2, 0.25) is 0 Å². The molecule has 1 aromatic rings. The molecule has 5 heteroatoms. The Morgan fingerprint density at radius 2 is 1.94 bits per heavy atom. The molecule has 2 nitrogen and oxygen atoms in total.